The van der Waals surface area contributed by atoms with Crippen molar-refractivity contribution in [2.24, 2.45) is 22.2 Å². The molecule has 6 aliphatic carbocycles. The van der Waals surface area contributed by atoms with Crippen molar-refractivity contribution < 1.29 is 9.59 Å². The summed E-state index contributed by atoms with van der Waals surface area (Å²) in [6, 6.07) is 13.3. The van der Waals surface area contributed by atoms with Crippen molar-refractivity contribution in [2.45, 2.75) is 130 Å². The van der Waals surface area contributed by atoms with Gasteiger partial charge in [-0.2, -0.15) is 0 Å². The number of piperazine rings is 1. The number of anilines is 1. The molecule has 7 aliphatic rings. The Morgan fingerprint density at radius 1 is 0.930 bits per heavy atom. The average molecular weight is 770 g/mol. The highest BCUT2D eigenvalue weighted by Crippen LogP contribution is 2.70. The first-order chi connectivity index (χ1) is 27.3. The van der Waals surface area contributed by atoms with E-state index in [0.29, 0.717) is 46.3 Å². The molecule has 5 saturated carbocycles. The lowest BCUT2D eigenvalue weighted by Crippen LogP contribution is -2.55. The van der Waals surface area contributed by atoms with E-state index < -0.39 is 0 Å². The maximum absolute atomic E-state index is 13.9. The summed E-state index contributed by atoms with van der Waals surface area (Å²) < 4.78 is 0. The van der Waals surface area contributed by atoms with Crippen LogP contribution >= 0.6 is 0 Å². The Morgan fingerprint density at radius 2 is 1.61 bits per heavy atom. The molecule has 2 aromatic carbocycles. The SMILES string of the molecule is C=C(CC12CC3CC(C)(CC(C)(C3)C1)C2)NCN1CCN(Cc2ccc(-c3cc(NC4CCCC4)c(C=N)c(C(=O)CCC4=C(C)C=C(C)CC4=O)c3)cc2)CC1. The number of Topliss-reactive ketones (excluding diaryl/α,β-unsaturated/α-hetero) is 2. The molecule has 2 aromatic rings. The zero-order chi connectivity index (χ0) is 40.0. The molecule has 3 N–H and O–H groups in total. The minimum atomic E-state index is -0.0223. The quantitative estimate of drug-likeness (QED) is 0.124. The number of ketones is 2. The Hall–Kier alpha value is -3.81. The van der Waals surface area contributed by atoms with Gasteiger partial charge >= 0.3 is 0 Å². The Bertz CT molecular complexity index is 1940. The van der Waals surface area contributed by atoms with E-state index in [9.17, 15) is 9.59 Å². The predicted octanol–water partition coefficient (Wildman–Crippen LogP) is 10.5. The van der Waals surface area contributed by atoms with E-state index in [-0.39, 0.29) is 18.0 Å². The van der Waals surface area contributed by atoms with Crippen LogP contribution in [0.25, 0.3) is 11.1 Å². The van der Waals surface area contributed by atoms with Gasteiger partial charge in [-0.15, -0.1) is 0 Å². The van der Waals surface area contributed by atoms with Gasteiger partial charge in [0, 0.05) is 80.3 Å². The second-order valence-electron chi connectivity index (χ2n) is 20.3. The van der Waals surface area contributed by atoms with Gasteiger partial charge in [0.25, 0.3) is 0 Å². The number of hydrogen-bond donors (Lipinski definition) is 3. The summed E-state index contributed by atoms with van der Waals surface area (Å²) in [6.45, 7) is 19.6. The van der Waals surface area contributed by atoms with Crippen molar-refractivity contribution >= 4 is 23.5 Å². The van der Waals surface area contributed by atoms with E-state index in [2.05, 4.69) is 77.3 Å². The lowest BCUT2D eigenvalue weighted by atomic mass is 9.40. The number of allylic oxidation sites excluding steroid dienone is 5. The molecule has 7 nitrogen and oxygen atoms in total. The molecular weight excluding hydrogens is 703 g/mol. The monoisotopic (exact) mass is 770 g/mol. The Kier molecular flexibility index (Phi) is 11.3. The molecule has 0 amide bonds. The van der Waals surface area contributed by atoms with Crippen molar-refractivity contribution in [3.05, 3.63) is 88.2 Å². The van der Waals surface area contributed by atoms with Crippen LogP contribution in [0.2, 0.25) is 0 Å². The highest BCUT2D eigenvalue weighted by Gasteiger charge is 2.59. The fourth-order valence-corrected chi connectivity index (χ4v) is 13.2. The van der Waals surface area contributed by atoms with E-state index in [1.54, 1.807) is 0 Å². The number of rotatable bonds is 15. The zero-order valence-corrected chi connectivity index (χ0v) is 35.3. The number of benzene rings is 2. The van der Waals surface area contributed by atoms with Gasteiger partial charge in [-0.1, -0.05) is 69.2 Å². The van der Waals surface area contributed by atoms with E-state index in [1.165, 1.54) is 68.8 Å². The minimum Gasteiger partial charge on any atom is -0.382 e. The summed E-state index contributed by atoms with van der Waals surface area (Å²) in [7, 11) is 0. The molecule has 4 bridgehead atoms. The van der Waals surface area contributed by atoms with Gasteiger partial charge in [0.2, 0.25) is 0 Å². The standard InChI is InChI=1S/C50H67N5O2/c1-34-20-35(2)42(47(57)21-34)14-15-46(56)43-22-40(23-45(44(43)28-51)53-41-8-6-7-9-41)39-12-10-37(11-13-39)29-54-16-18-55(19-17-54)33-52-36(3)24-50-27-38-25-48(4,31-50)30-49(5,26-38)32-50/h10-13,20,22-23,28,38,41,51-53H,3,6-9,14-19,21,24-27,29-33H2,1-2,4-5H3. The van der Waals surface area contributed by atoms with Crippen LogP contribution in [-0.4, -0.2) is 66.5 Å². The first kappa shape index (κ1) is 40.0. The van der Waals surface area contributed by atoms with E-state index >= 15 is 0 Å². The normalized spacial score (nSPS) is 29.2. The highest BCUT2D eigenvalue weighted by atomic mass is 16.1. The van der Waals surface area contributed by atoms with Gasteiger partial charge < -0.3 is 16.0 Å². The highest BCUT2D eigenvalue weighted by molar-refractivity contribution is 6.08. The van der Waals surface area contributed by atoms with Crippen LogP contribution < -0.4 is 10.6 Å². The van der Waals surface area contributed by atoms with Crippen LogP contribution in [0, 0.1) is 27.6 Å². The smallest absolute Gasteiger partial charge is 0.163 e. The second kappa shape index (κ2) is 16.1. The van der Waals surface area contributed by atoms with Crippen LogP contribution in [0.5, 0.6) is 0 Å². The van der Waals surface area contributed by atoms with Gasteiger partial charge in [0.05, 0.1) is 6.67 Å². The molecule has 1 saturated heterocycles. The maximum Gasteiger partial charge on any atom is 0.163 e. The molecule has 0 radical (unpaired) electrons. The third-order valence-corrected chi connectivity index (χ3v) is 14.7. The molecule has 1 heterocycles. The van der Waals surface area contributed by atoms with Crippen LogP contribution in [0.15, 0.2) is 71.5 Å². The number of nitrogens with one attached hydrogen (secondary N) is 3. The average Bonchev–Trinajstić information content (AvgIpc) is 3.65. The molecule has 9 rings (SSSR count). The van der Waals surface area contributed by atoms with Crippen molar-refractivity contribution in [2.75, 3.05) is 38.2 Å². The number of nitrogens with zero attached hydrogens (tertiary/aromatic N) is 2. The number of hydrogen-bond acceptors (Lipinski definition) is 7. The fraction of sp³-hybridized carbons (Fsp3) is 0.580. The van der Waals surface area contributed by atoms with Crippen molar-refractivity contribution in [1.82, 2.24) is 15.1 Å². The van der Waals surface area contributed by atoms with Crippen molar-refractivity contribution in [3.63, 3.8) is 0 Å². The molecule has 7 heteroatoms. The first-order valence-corrected chi connectivity index (χ1v) is 22.1. The lowest BCUT2D eigenvalue weighted by molar-refractivity contribution is -0.144. The molecule has 0 aromatic heterocycles. The summed E-state index contributed by atoms with van der Waals surface area (Å²) in [5.74, 6) is 1.02. The number of carbonyl (C=O) groups excluding carboxylic acids is 2. The van der Waals surface area contributed by atoms with Crippen LogP contribution in [0.1, 0.15) is 139 Å². The second-order valence-corrected chi connectivity index (χ2v) is 20.3. The van der Waals surface area contributed by atoms with Crippen LogP contribution in [0.4, 0.5) is 5.69 Å². The Morgan fingerprint density at radius 3 is 2.26 bits per heavy atom. The zero-order valence-electron chi connectivity index (χ0n) is 35.3. The lowest BCUT2D eigenvalue weighted by Gasteiger charge is -2.65. The molecule has 6 fully saturated rings. The minimum absolute atomic E-state index is 0.0223. The predicted molar refractivity (Wildman–Crippen MR) is 234 cm³/mol. The van der Waals surface area contributed by atoms with E-state index in [4.69, 9.17) is 5.41 Å². The van der Waals surface area contributed by atoms with Gasteiger partial charge in [0.1, 0.15) is 0 Å². The first-order valence-electron chi connectivity index (χ1n) is 22.1. The van der Waals surface area contributed by atoms with Crippen molar-refractivity contribution in [3.8, 4) is 11.1 Å². The summed E-state index contributed by atoms with van der Waals surface area (Å²) in [5.41, 5.74) is 11.0. The van der Waals surface area contributed by atoms with Crippen molar-refractivity contribution in [1.29, 1.82) is 5.41 Å². The van der Waals surface area contributed by atoms with Gasteiger partial charge in [-0.25, -0.2) is 0 Å². The third kappa shape index (κ3) is 8.95. The molecule has 2 unspecified atom stereocenters. The Labute approximate surface area is 342 Å². The molecule has 2 atom stereocenters. The third-order valence-electron chi connectivity index (χ3n) is 14.7. The van der Waals surface area contributed by atoms with E-state index in [1.807, 2.05) is 19.9 Å². The largest absolute Gasteiger partial charge is 0.382 e. The van der Waals surface area contributed by atoms with Crippen LogP contribution in [-0.2, 0) is 11.3 Å². The molecule has 57 heavy (non-hydrogen) atoms. The molecule has 0 spiro atoms. The summed E-state index contributed by atoms with van der Waals surface area (Å²) in [6.07, 6.45) is 18.8. The number of carbonyl (C=O) groups is 2. The van der Waals surface area contributed by atoms with Gasteiger partial charge in [-0.3, -0.25) is 19.4 Å². The fourth-order valence-electron chi connectivity index (χ4n) is 13.2. The summed E-state index contributed by atoms with van der Waals surface area (Å²) in [5, 5.41) is 15.8. The Balaban J connectivity index is 0.875. The molecule has 304 valence electrons. The topological polar surface area (TPSA) is 88.5 Å². The summed E-state index contributed by atoms with van der Waals surface area (Å²) >= 11 is 0. The van der Waals surface area contributed by atoms with E-state index in [0.717, 1.165) is 98.1 Å². The molecular formula is C50H67N5O2. The maximum atomic E-state index is 13.9. The summed E-state index contributed by atoms with van der Waals surface area (Å²) in [4.78, 5) is 31.9. The molecule has 1 aliphatic heterocycles. The van der Waals surface area contributed by atoms with Crippen LogP contribution in [0.3, 0.4) is 0 Å². The van der Waals surface area contributed by atoms with Gasteiger partial charge in [0.15, 0.2) is 11.6 Å². The van der Waals surface area contributed by atoms with Gasteiger partial charge in [-0.05, 0) is 140 Å².